The third-order valence-electron chi connectivity index (χ3n) is 8.08. The molecule has 2 aliphatic carbocycles. The fraction of sp³-hybridized carbons (Fsp3) is 0.226. The van der Waals surface area contributed by atoms with Gasteiger partial charge in [-0.15, -0.1) is 0 Å². The van der Waals surface area contributed by atoms with Crippen LogP contribution in [-0.4, -0.2) is 38.1 Å². The van der Waals surface area contributed by atoms with Gasteiger partial charge in [-0.3, -0.25) is 19.7 Å². The molecule has 6 rings (SSSR count). The first-order valence-corrected chi connectivity index (χ1v) is 12.8. The third kappa shape index (κ3) is 3.77. The standard InChI is InChI=1S/C31H26N2O7/c1-38-20-9-4-17(5-10-20)26(18-6-11-21(39-2)12-7-18)27-22-13-14-23(27)29-28(22)30(34)32(31(29)35)24-16-19(33(36)37)8-15-25(24)40-3/h4-16,22-23,28-29H,1-3H3/t22-,23-,28-,29+/m1/s1. The number of non-ortho nitro benzene ring substituents is 1. The summed E-state index contributed by atoms with van der Waals surface area (Å²) < 4.78 is 16.1. The van der Waals surface area contributed by atoms with Crippen molar-refractivity contribution in [3.05, 3.63) is 106 Å². The van der Waals surface area contributed by atoms with Crippen LogP contribution in [-0.2, 0) is 9.59 Å². The van der Waals surface area contributed by atoms with Crippen LogP contribution in [0.1, 0.15) is 11.1 Å². The Morgan fingerprint density at radius 1 is 0.750 bits per heavy atom. The number of allylic oxidation sites excluding steroid dienone is 3. The molecule has 2 bridgehead atoms. The van der Waals surface area contributed by atoms with E-state index in [0.717, 1.165) is 38.7 Å². The molecule has 3 aliphatic rings. The molecule has 1 aliphatic heterocycles. The maximum atomic E-state index is 13.9. The van der Waals surface area contributed by atoms with Crippen molar-refractivity contribution in [2.45, 2.75) is 0 Å². The first-order chi connectivity index (χ1) is 19.4. The van der Waals surface area contributed by atoms with Gasteiger partial charge in [0.2, 0.25) is 11.8 Å². The summed E-state index contributed by atoms with van der Waals surface area (Å²) in [5, 5.41) is 11.5. The van der Waals surface area contributed by atoms with E-state index in [0.29, 0.717) is 0 Å². The Hall–Kier alpha value is -4.92. The Balaban J connectivity index is 1.47. The van der Waals surface area contributed by atoms with Gasteiger partial charge in [0.25, 0.3) is 5.69 Å². The smallest absolute Gasteiger partial charge is 0.271 e. The molecule has 202 valence electrons. The maximum Gasteiger partial charge on any atom is 0.271 e. The van der Waals surface area contributed by atoms with Crippen molar-refractivity contribution in [2.75, 3.05) is 26.2 Å². The lowest BCUT2D eigenvalue weighted by Gasteiger charge is -2.22. The molecule has 2 amide bonds. The number of amides is 2. The molecule has 4 atom stereocenters. The third-order valence-corrected chi connectivity index (χ3v) is 8.08. The number of anilines is 1. The zero-order valence-corrected chi connectivity index (χ0v) is 22.1. The minimum Gasteiger partial charge on any atom is -0.497 e. The van der Waals surface area contributed by atoms with Crippen LogP contribution in [0.3, 0.4) is 0 Å². The summed E-state index contributed by atoms with van der Waals surface area (Å²) >= 11 is 0. The van der Waals surface area contributed by atoms with E-state index in [9.17, 15) is 19.7 Å². The van der Waals surface area contributed by atoms with E-state index in [-0.39, 0.29) is 40.8 Å². The summed E-state index contributed by atoms with van der Waals surface area (Å²) in [6, 6.07) is 19.4. The number of hydrogen-bond acceptors (Lipinski definition) is 7. The fourth-order valence-corrected chi connectivity index (χ4v) is 6.32. The number of hydrogen-bond donors (Lipinski definition) is 0. The van der Waals surface area contributed by atoms with Gasteiger partial charge in [-0.2, -0.15) is 0 Å². The van der Waals surface area contributed by atoms with Crippen LogP contribution in [0.4, 0.5) is 11.4 Å². The number of imide groups is 1. The van der Waals surface area contributed by atoms with Crippen LogP contribution in [0, 0.1) is 33.8 Å². The van der Waals surface area contributed by atoms with Crippen LogP contribution in [0.25, 0.3) is 5.57 Å². The fourth-order valence-electron chi connectivity index (χ4n) is 6.32. The summed E-state index contributed by atoms with van der Waals surface area (Å²) in [5.41, 5.74) is 3.72. The molecular formula is C31H26N2O7. The molecule has 0 spiro atoms. The molecule has 0 radical (unpaired) electrons. The molecule has 1 heterocycles. The van der Waals surface area contributed by atoms with Crippen molar-refractivity contribution in [2.24, 2.45) is 23.7 Å². The minimum atomic E-state index is -0.618. The Bertz CT molecular complexity index is 1510. The van der Waals surface area contributed by atoms with Gasteiger partial charge in [-0.25, -0.2) is 4.90 Å². The van der Waals surface area contributed by atoms with Crippen LogP contribution >= 0.6 is 0 Å². The summed E-state index contributed by atoms with van der Waals surface area (Å²) in [6.07, 6.45) is 4.02. The van der Waals surface area contributed by atoms with Gasteiger partial charge in [0.1, 0.15) is 22.9 Å². The second-order valence-electron chi connectivity index (χ2n) is 9.90. The van der Waals surface area contributed by atoms with Gasteiger partial charge in [-0.1, -0.05) is 36.4 Å². The number of nitro groups is 1. The normalized spacial score (nSPS) is 22.5. The molecule has 9 heteroatoms. The Kier molecular flexibility index (Phi) is 6.14. The lowest BCUT2D eigenvalue weighted by Crippen LogP contribution is -2.33. The zero-order valence-electron chi connectivity index (χ0n) is 22.1. The molecule has 0 aromatic heterocycles. The molecule has 0 unspecified atom stereocenters. The maximum absolute atomic E-state index is 13.9. The predicted octanol–water partition coefficient (Wildman–Crippen LogP) is 5.04. The summed E-state index contributed by atoms with van der Waals surface area (Å²) in [5.74, 6) is -0.945. The highest BCUT2D eigenvalue weighted by atomic mass is 16.6. The van der Waals surface area contributed by atoms with Crippen molar-refractivity contribution >= 4 is 28.8 Å². The molecule has 0 N–H and O–H groups in total. The monoisotopic (exact) mass is 538 g/mol. The van der Waals surface area contributed by atoms with Gasteiger partial charge < -0.3 is 14.2 Å². The Labute approximate surface area is 230 Å². The number of ether oxygens (including phenoxy) is 3. The quantitative estimate of drug-likeness (QED) is 0.179. The second kappa shape index (κ2) is 9.68. The van der Waals surface area contributed by atoms with Gasteiger partial charge in [-0.05, 0) is 52.6 Å². The number of nitro benzene ring substituents is 1. The van der Waals surface area contributed by atoms with Crippen molar-refractivity contribution in [3.63, 3.8) is 0 Å². The molecule has 3 aromatic carbocycles. The minimum absolute atomic E-state index is 0.0940. The highest BCUT2D eigenvalue weighted by Crippen LogP contribution is 2.59. The number of nitrogens with zero attached hydrogens (tertiary/aromatic N) is 2. The lowest BCUT2D eigenvalue weighted by molar-refractivity contribution is -0.384. The van der Waals surface area contributed by atoms with E-state index in [2.05, 4.69) is 0 Å². The van der Waals surface area contributed by atoms with Crippen molar-refractivity contribution < 1.29 is 28.7 Å². The van der Waals surface area contributed by atoms with Crippen LogP contribution < -0.4 is 19.1 Å². The largest absolute Gasteiger partial charge is 0.497 e. The van der Waals surface area contributed by atoms with E-state index in [1.807, 2.05) is 60.7 Å². The summed E-state index contributed by atoms with van der Waals surface area (Å²) in [7, 11) is 4.62. The van der Waals surface area contributed by atoms with Crippen molar-refractivity contribution in [1.29, 1.82) is 0 Å². The predicted molar refractivity (Wildman–Crippen MR) is 147 cm³/mol. The topological polar surface area (TPSA) is 108 Å². The lowest BCUT2D eigenvalue weighted by atomic mass is 9.85. The van der Waals surface area contributed by atoms with E-state index in [4.69, 9.17) is 14.2 Å². The summed E-state index contributed by atoms with van der Waals surface area (Å²) in [6.45, 7) is 0. The molecule has 9 nitrogen and oxygen atoms in total. The molecule has 3 aromatic rings. The van der Waals surface area contributed by atoms with Crippen LogP contribution in [0.5, 0.6) is 17.2 Å². The first-order valence-electron chi connectivity index (χ1n) is 12.8. The van der Waals surface area contributed by atoms with E-state index < -0.39 is 16.8 Å². The van der Waals surface area contributed by atoms with Crippen LogP contribution in [0.15, 0.2) is 84.5 Å². The SMILES string of the molecule is COc1ccc(C(=C2[C@H]3C=C[C@H]2[C@H]2C(=O)N(c4cc([N+](=O)[O-])ccc4OC)C(=O)[C@H]23)c2ccc(OC)cc2)cc1. The van der Waals surface area contributed by atoms with E-state index in [1.165, 1.54) is 25.3 Å². The van der Waals surface area contributed by atoms with Crippen molar-refractivity contribution in [3.8, 4) is 17.2 Å². The number of rotatable bonds is 7. The Morgan fingerprint density at radius 3 is 1.68 bits per heavy atom. The number of carbonyl (C=O) groups is 2. The molecule has 2 fully saturated rings. The van der Waals surface area contributed by atoms with Gasteiger partial charge >= 0.3 is 0 Å². The molecular weight excluding hydrogens is 512 g/mol. The highest BCUT2D eigenvalue weighted by Gasteiger charge is 2.62. The second-order valence-corrected chi connectivity index (χ2v) is 9.90. The highest BCUT2D eigenvalue weighted by molar-refractivity contribution is 6.24. The number of fused-ring (bicyclic) bond motifs is 5. The van der Waals surface area contributed by atoms with Crippen molar-refractivity contribution in [1.82, 2.24) is 0 Å². The summed E-state index contributed by atoms with van der Waals surface area (Å²) in [4.78, 5) is 39.8. The average molecular weight is 539 g/mol. The van der Waals surface area contributed by atoms with Gasteiger partial charge in [0, 0.05) is 24.0 Å². The molecule has 1 saturated carbocycles. The number of benzene rings is 3. The van der Waals surface area contributed by atoms with Crippen LogP contribution in [0.2, 0.25) is 0 Å². The average Bonchev–Trinajstić information content (AvgIpc) is 3.62. The van der Waals surface area contributed by atoms with Gasteiger partial charge in [0.05, 0.1) is 38.1 Å². The number of methoxy groups -OCH3 is 3. The Morgan fingerprint density at radius 2 is 1.25 bits per heavy atom. The van der Waals surface area contributed by atoms with Gasteiger partial charge in [0.15, 0.2) is 0 Å². The van der Waals surface area contributed by atoms with E-state index >= 15 is 0 Å². The molecule has 1 saturated heterocycles. The zero-order chi connectivity index (χ0) is 28.1. The first kappa shape index (κ1) is 25.4. The number of carbonyl (C=O) groups excluding carboxylic acids is 2. The van der Waals surface area contributed by atoms with E-state index in [1.54, 1.807) is 14.2 Å². The molecule has 40 heavy (non-hydrogen) atoms.